The molecule has 1 nitrogen and oxygen atoms in total. The predicted molar refractivity (Wildman–Crippen MR) is 50.5 cm³/mol. The molecule has 0 heterocycles. The molecule has 0 N–H and O–H groups in total. The van der Waals surface area contributed by atoms with Crippen LogP contribution in [0, 0.1) is 0 Å². The van der Waals surface area contributed by atoms with E-state index in [1.54, 1.807) is 12.1 Å². The van der Waals surface area contributed by atoms with Gasteiger partial charge < -0.3 is 4.74 Å². The molecular weight excluding hydrogens is 261 g/mol. The van der Waals surface area contributed by atoms with Crippen LogP contribution in [0.2, 0.25) is 0 Å². The standard InChI is InChI=1S/C9H8BrF3O/c1-6(10)7-2-4-8(5-3-7)14-9(11,12)13/h2-6H,1H3/t6-/m1/s1. The second-order valence-corrected chi connectivity index (χ2v) is 4.11. The largest absolute Gasteiger partial charge is 0.573 e. The smallest absolute Gasteiger partial charge is 0.406 e. The molecule has 0 fully saturated rings. The topological polar surface area (TPSA) is 9.23 Å². The zero-order valence-electron chi connectivity index (χ0n) is 7.31. The fourth-order valence-electron chi connectivity index (χ4n) is 0.935. The maximum absolute atomic E-state index is 11.8. The first-order valence-corrected chi connectivity index (χ1v) is 4.80. The van der Waals surface area contributed by atoms with E-state index in [4.69, 9.17) is 0 Å². The molecule has 0 saturated carbocycles. The van der Waals surface area contributed by atoms with Gasteiger partial charge in [-0.25, -0.2) is 0 Å². The molecule has 0 bridgehead atoms. The van der Waals surface area contributed by atoms with Crippen LogP contribution in [0.3, 0.4) is 0 Å². The number of halogens is 4. The molecule has 0 aliphatic heterocycles. The summed E-state index contributed by atoms with van der Waals surface area (Å²) >= 11 is 3.31. The van der Waals surface area contributed by atoms with Crippen molar-refractivity contribution in [3.8, 4) is 5.75 Å². The van der Waals surface area contributed by atoms with Crippen LogP contribution in [-0.2, 0) is 0 Å². The third-order valence-electron chi connectivity index (χ3n) is 1.57. The third kappa shape index (κ3) is 3.57. The number of ether oxygens (including phenoxy) is 1. The van der Waals surface area contributed by atoms with E-state index in [0.29, 0.717) is 0 Å². The van der Waals surface area contributed by atoms with E-state index in [0.717, 1.165) is 5.56 Å². The molecule has 1 atom stereocenters. The van der Waals surface area contributed by atoms with Crippen molar-refractivity contribution < 1.29 is 17.9 Å². The Bertz CT molecular complexity index is 292. The molecule has 0 aliphatic rings. The van der Waals surface area contributed by atoms with Gasteiger partial charge in [-0.3, -0.25) is 0 Å². The Morgan fingerprint density at radius 1 is 1.21 bits per heavy atom. The third-order valence-corrected chi connectivity index (χ3v) is 2.10. The summed E-state index contributed by atoms with van der Waals surface area (Å²) < 4.78 is 39.0. The van der Waals surface area contributed by atoms with E-state index in [-0.39, 0.29) is 10.6 Å². The molecule has 0 unspecified atom stereocenters. The van der Waals surface area contributed by atoms with Crippen molar-refractivity contribution in [2.45, 2.75) is 18.1 Å². The van der Waals surface area contributed by atoms with Gasteiger partial charge in [-0.1, -0.05) is 28.1 Å². The van der Waals surface area contributed by atoms with E-state index >= 15 is 0 Å². The summed E-state index contributed by atoms with van der Waals surface area (Å²) in [6.07, 6.45) is -4.62. The molecule has 5 heteroatoms. The monoisotopic (exact) mass is 268 g/mol. The molecule has 1 aromatic carbocycles. The molecule has 78 valence electrons. The van der Waals surface area contributed by atoms with Crippen molar-refractivity contribution in [2.75, 3.05) is 0 Å². The molecule has 0 aromatic heterocycles. The van der Waals surface area contributed by atoms with Crippen molar-refractivity contribution in [1.82, 2.24) is 0 Å². The van der Waals surface area contributed by atoms with Crippen molar-refractivity contribution >= 4 is 15.9 Å². The number of benzene rings is 1. The highest BCUT2D eigenvalue weighted by Crippen LogP contribution is 2.26. The van der Waals surface area contributed by atoms with Gasteiger partial charge in [0.25, 0.3) is 0 Å². The highest BCUT2D eigenvalue weighted by Gasteiger charge is 2.30. The fraction of sp³-hybridized carbons (Fsp3) is 0.333. The average Bonchev–Trinajstić information content (AvgIpc) is 2.02. The molecule has 0 radical (unpaired) electrons. The van der Waals surface area contributed by atoms with Gasteiger partial charge in [-0.05, 0) is 24.6 Å². The Hall–Kier alpha value is -0.710. The van der Waals surface area contributed by atoms with Gasteiger partial charge in [-0.2, -0.15) is 0 Å². The van der Waals surface area contributed by atoms with Crippen LogP contribution in [0.4, 0.5) is 13.2 Å². The lowest BCUT2D eigenvalue weighted by Crippen LogP contribution is -2.17. The summed E-state index contributed by atoms with van der Waals surface area (Å²) in [5.41, 5.74) is 0.902. The van der Waals surface area contributed by atoms with Gasteiger partial charge in [0.05, 0.1) is 0 Å². The van der Waals surface area contributed by atoms with Gasteiger partial charge in [0.15, 0.2) is 0 Å². The Balaban J connectivity index is 2.74. The van der Waals surface area contributed by atoms with Crippen LogP contribution >= 0.6 is 15.9 Å². The van der Waals surface area contributed by atoms with Crippen LogP contribution in [0.5, 0.6) is 5.75 Å². The van der Waals surface area contributed by atoms with Crippen LogP contribution in [0.25, 0.3) is 0 Å². The zero-order valence-corrected chi connectivity index (χ0v) is 8.89. The Morgan fingerprint density at radius 3 is 2.07 bits per heavy atom. The number of hydrogen-bond acceptors (Lipinski definition) is 1. The molecule has 0 saturated heterocycles. The SMILES string of the molecule is C[C@@H](Br)c1ccc(OC(F)(F)F)cc1. The van der Waals surface area contributed by atoms with Gasteiger partial charge in [0.2, 0.25) is 0 Å². The average molecular weight is 269 g/mol. The highest BCUT2D eigenvalue weighted by molar-refractivity contribution is 9.09. The van der Waals surface area contributed by atoms with Crippen molar-refractivity contribution in [1.29, 1.82) is 0 Å². The van der Waals surface area contributed by atoms with Gasteiger partial charge in [-0.15, -0.1) is 13.2 Å². The first-order chi connectivity index (χ1) is 6.38. The van der Waals surface area contributed by atoms with Crippen LogP contribution in [0.1, 0.15) is 17.3 Å². The van der Waals surface area contributed by atoms with Gasteiger partial charge >= 0.3 is 6.36 Å². The van der Waals surface area contributed by atoms with Crippen LogP contribution in [-0.4, -0.2) is 6.36 Å². The van der Waals surface area contributed by atoms with E-state index in [2.05, 4.69) is 20.7 Å². The van der Waals surface area contributed by atoms with Gasteiger partial charge in [0, 0.05) is 4.83 Å². The van der Waals surface area contributed by atoms with E-state index in [1.807, 2.05) is 6.92 Å². The minimum absolute atomic E-state index is 0.113. The molecule has 0 amide bonds. The Labute approximate surface area is 88.0 Å². The zero-order chi connectivity index (χ0) is 10.8. The number of rotatable bonds is 2. The summed E-state index contributed by atoms with van der Waals surface area (Å²) in [5, 5.41) is 0. The number of alkyl halides is 4. The molecule has 14 heavy (non-hydrogen) atoms. The van der Waals surface area contributed by atoms with Crippen molar-refractivity contribution in [3.05, 3.63) is 29.8 Å². The maximum atomic E-state index is 11.8. The quantitative estimate of drug-likeness (QED) is 0.736. The molecule has 0 spiro atoms. The molecule has 1 rings (SSSR count). The lowest BCUT2D eigenvalue weighted by molar-refractivity contribution is -0.274. The Kier molecular flexibility index (Phi) is 3.42. The Morgan fingerprint density at radius 2 is 1.71 bits per heavy atom. The van der Waals surface area contributed by atoms with E-state index in [1.165, 1.54) is 12.1 Å². The fourth-order valence-corrected chi connectivity index (χ4v) is 1.24. The van der Waals surface area contributed by atoms with Crippen LogP contribution in [0.15, 0.2) is 24.3 Å². The minimum Gasteiger partial charge on any atom is -0.406 e. The predicted octanol–water partition coefficient (Wildman–Crippen LogP) is 4.04. The first-order valence-electron chi connectivity index (χ1n) is 3.88. The minimum atomic E-state index is -4.62. The normalized spacial score (nSPS) is 13.8. The van der Waals surface area contributed by atoms with Crippen molar-refractivity contribution in [2.24, 2.45) is 0 Å². The summed E-state index contributed by atoms with van der Waals surface area (Å²) in [7, 11) is 0. The molecule has 0 aliphatic carbocycles. The van der Waals surface area contributed by atoms with Crippen molar-refractivity contribution in [3.63, 3.8) is 0 Å². The maximum Gasteiger partial charge on any atom is 0.573 e. The highest BCUT2D eigenvalue weighted by atomic mass is 79.9. The summed E-state index contributed by atoms with van der Waals surface area (Å²) in [4.78, 5) is 0.113. The molecule has 1 aromatic rings. The first kappa shape index (κ1) is 11.4. The molecular formula is C9H8BrF3O. The second kappa shape index (κ2) is 4.21. The lowest BCUT2D eigenvalue weighted by atomic mass is 10.2. The van der Waals surface area contributed by atoms with E-state index in [9.17, 15) is 13.2 Å². The summed E-state index contributed by atoms with van der Waals surface area (Å²) in [6, 6.07) is 5.75. The summed E-state index contributed by atoms with van der Waals surface area (Å²) in [6.45, 7) is 1.89. The lowest BCUT2D eigenvalue weighted by Gasteiger charge is -2.09. The van der Waals surface area contributed by atoms with Gasteiger partial charge in [0.1, 0.15) is 5.75 Å². The van der Waals surface area contributed by atoms with Crippen LogP contribution < -0.4 is 4.74 Å². The van der Waals surface area contributed by atoms with E-state index < -0.39 is 6.36 Å². The number of hydrogen-bond donors (Lipinski definition) is 0. The summed E-state index contributed by atoms with van der Waals surface area (Å²) in [5.74, 6) is -0.200. The second-order valence-electron chi connectivity index (χ2n) is 2.73.